The number of hydrogen-bond donors (Lipinski definition) is 0. The Balaban J connectivity index is 0.00000162. The van der Waals surface area contributed by atoms with Gasteiger partial charge in [0.15, 0.2) is 0 Å². The number of rotatable bonds is 4. The fraction of sp³-hybridized carbons (Fsp3) is 0.625. The van der Waals surface area contributed by atoms with Gasteiger partial charge in [0, 0.05) is 0 Å². The molecule has 1 aromatic rings. The van der Waals surface area contributed by atoms with Crippen LogP contribution in [0, 0.1) is 5.92 Å². The van der Waals surface area contributed by atoms with Crippen LogP contribution in [0.2, 0.25) is 0 Å². The first-order valence-electron chi connectivity index (χ1n) is 7.02. The molecular formula is C16H24LiN. The number of hydrogen-bond acceptors (Lipinski definition) is 0. The first-order valence-corrected chi connectivity index (χ1v) is 7.02. The Morgan fingerprint density at radius 1 is 1.00 bits per heavy atom. The van der Waals surface area contributed by atoms with Crippen LogP contribution in [-0.4, -0.2) is 6.04 Å². The SMILES string of the molecule is CC(C)[N-]C(c1ccccc1)C1CCCCC1.[Li+]. The summed E-state index contributed by atoms with van der Waals surface area (Å²) in [6.07, 6.45) is 6.91. The van der Waals surface area contributed by atoms with E-state index in [0.29, 0.717) is 12.1 Å². The van der Waals surface area contributed by atoms with Crippen molar-refractivity contribution in [3.8, 4) is 0 Å². The van der Waals surface area contributed by atoms with Gasteiger partial charge in [0.05, 0.1) is 0 Å². The van der Waals surface area contributed by atoms with Crippen molar-refractivity contribution in [2.75, 3.05) is 0 Å². The Morgan fingerprint density at radius 3 is 2.17 bits per heavy atom. The molecule has 1 unspecified atom stereocenters. The van der Waals surface area contributed by atoms with Gasteiger partial charge in [-0.2, -0.15) is 0 Å². The van der Waals surface area contributed by atoms with Crippen LogP contribution in [0.25, 0.3) is 5.32 Å². The van der Waals surface area contributed by atoms with Crippen LogP contribution in [0.4, 0.5) is 0 Å². The van der Waals surface area contributed by atoms with Crippen molar-refractivity contribution in [2.24, 2.45) is 5.92 Å². The van der Waals surface area contributed by atoms with Crippen molar-refractivity contribution in [1.82, 2.24) is 0 Å². The summed E-state index contributed by atoms with van der Waals surface area (Å²) in [6, 6.07) is 11.7. The van der Waals surface area contributed by atoms with Crippen molar-refractivity contribution in [1.29, 1.82) is 0 Å². The molecule has 1 aromatic carbocycles. The molecule has 0 saturated heterocycles. The Bertz CT molecular complexity index is 317. The monoisotopic (exact) mass is 237 g/mol. The van der Waals surface area contributed by atoms with E-state index in [4.69, 9.17) is 5.32 Å². The third kappa shape index (κ3) is 4.47. The molecule has 94 valence electrons. The molecule has 0 heterocycles. The maximum atomic E-state index is 4.97. The Hall–Kier alpha value is -0.223. The van der Waals surface area contributed by atoms with Gasteiger partial charge >= 0.3 is 18.9 Å². The maximum absolute atomic E-state index is 4.97. The summed E-state index contributed by atoms with van der Waals surface area (Å²) in [6.45, 7) is 4.39. The largest absolute Gasteiger partial charge is 1.00 e. The first-order chi connectivity index (χ1) is 8.27. The summed E-state index contributed by atoms with van der Waals surface area (Å²) in [7, 11) is 0. The van der Waals surface area contributed by atoms with Gasteiger partial charge in [-0.25, -0.2) is 0 Å². The topological polar surface area (TPSA) is 14.1 Å². The second kappa shape index (κ2) is 8.05. The Labute approximate surface area is 124 Å². The van der Waals surface area contributed by atoms with Gasteiger partial charge in [0.2, 0.25) is 0 Å². The van der Waals surface area contributed by atoms with Gasteiger partial charge in [-0.05, 0) is 0 Å². The zero-order valence-corrected chi connectivity index (χ0v) is 12.1. The molecule has 0 aromatic heterocycles. The van der Waals surface area contributed by atoms with Crippen LogP contribution in [0.5, 0.6) is 0 Å². The Morgan fingerprint density at radius 2 is 1.61 bits per heavy atom. The van der Waals surface area contributed by atoms with Crippen LogP contribution in [0.3, 0.4) is 0 Å². The minimum atomic E-state index is 0. The van der Waals surface area contributed by atoms with Gasteiger partial charge in [-0.1, -0.05) is 87.8 Å². The quantitative estimate of drug-likeness (QED) is 0.712. The summed E-state index contributed by atoms with van der Waals surface area (Å²) in [5, 5.41) is 4.97. The summed E-state index contributed by atoms with van der Waals surface area (Å²) in [4.78, 5) is 0. The summed E-state index contributed by atoms with van der Waals surface area (Å²) in [5.41, 5.74) is 1.41. The van der Waals surface area contributed by atoms with Crippen LogP contribution >= 0.6 is 0 Å². The maximum Gasteiger partial charge on any atom is 1.00 e. The van der Waals surface area contributed by atoms with Crippen LogP contribution in [-0.2, 0) is 0 Å². The predicted octanol–water partition coefficient (Wildman–Crippen LogP) is 2.09. The van der Waals surface area contributed by atoms with E-state index in [9.17, 15) is 0 Å². The van der Waals surface area contributed by atoms with Crippen molar-refractivity contribution < 1.29 is 18.9 Å². The van der Waals surface area contributed by atoms with Gasteiger partial charge in [0.25, 0.3) is 0 Å². The standard InChI is InChI=1S/C16H24N.Li/c1-13(2)17-16(14-9-5-3-6-10-14)15-11-7-4-8-12-15;/h3,5-6,9-10,13,15-16H,4,7-8,11-12H2,1-2H3;/q-1;+1. The van der Waals surface area contributed by atoms with Gasteiger partial charge < -0.3 is 5.32 Å². The smallest absolute Gasteiger partial charge is 0.653 e. The van der Waals surface area contributed by atoms with E-state index >= 15 is 0 Å². The average molecular weight is 237 g/mol. The molecule has 0 spiro atoms. The molecule has 18 heavy (non-hydrogen) atoms. The molecule has 1 saturated carbocycles. The molecule has 1 nitrogen and oxygen atoms in total. The third-order valence-corrected chi connectivity index (χ3v) is 3.70. The van der Waals surface area contributed by atoms with Gasteiger partial charge in [0.1, 0.15) is 0 Å². The van der Waals surface area contributed by atoms with Crippen molar-refractivity contribution in [3.05, 3.63) is 41.2 Å². The van der Waals surface area contributed by atoms with E-state index in [-0.39, 0.29) is 18.9 Å². The molecule has 0 radical (unpaired) electrons. The molecule has 2 rings (SSSR count). The Kier molecular flexibility index (Phi) is 7.08. The van der Waals surface area contributed by atoms with Crippen LogP contribution < -0.4 is 18.9 Å². The first kappa shape index (κ1) is 15.8. The van der Waals surface area contributed by atoms with Crippen LogP contribution in [0.15, 0.2) is 30.3 Å². The van der Waals surface area contributed by atoms with Crippen molar-refractivity contribution in [3.63, 3.8) is 0 Å². The van der Waals surface area contributed by atoms with Crippen LogP contribution in [0.1, 0.15) is 57.6 Å². The molecule has 0 bridgehead atoms. The zero-order chi connectivity index (χ0) is 12.1. The van der Waals surface area contributed by atoms with E-state index < -0.39 is 0 Å². The minimum absolute atomic E-state index is 0. The molecule has 0 amide bonds. The molecular weight excluding hydrogens is 213 g/mol. The second-order valence-electron chi connectivity index (χ2n) is 5.50. The van der Waals surface area contributed by atoms with E-state index in [2.05, 4.69) is 44.2 Å². The predicted molar refractivity (Wildman–Crippen MR) is 74.3 cm³/mol. The summed E-state index contributed by atoms with van der Waals surface area (Å²) >= 11 is 0. The fourth-order valence-electron chi connectivity index (χ4n) is 2.90. The van der Waals surface area contributed by atoms with E-state index in [0.717, 1.165) is 5.92 Å². The van der Waals surface area contributed by atoms with Gasteiger partial charge in [-0.3, -0.25) is 0 Å². The van der Waals surface area contributed by atoms with E-state index in [1.807, 2.05) is 0 Å². The summed E-state index contributed by atoms with van der Waals surface area (Å²) < 4.78 is 0. The molecule has 0 N–H and O–H groups in total. The fourth-order valence-corrected chi connectivity index (χ4v) is 2.90. The second-order valence-corrected chi connectivity index (χ2v) is 5.50. The molecule has 1 atom stereocenters. The number of benzene rings is 1. The zero-order valence-electron chi connectivity index (χ0n) is 12.1. The third-order valence-electron chi connectivity index (χ3n) is 3.70. The molecule has 0 aliphatic heterocycles. The molecule has 1 aliphatic rings. The minimum Gasteiger partial charge on any atom is -0.653 e. The van der Waals surface area contributed by atoms with Gasteiger partial charge in [-0.15, -0.1) is 12.1 Å². The average Bonchev–Trinajstić information content (AvgIpc) is 2.38. The summed E-state index contributed by atoms with van der Waals surface area (Å²) in [5.74, 6) is 0.772. The van der Waals surface area contributed by atoms with E-state index in [1.54, 1.807) is 0 Å². The number of nitrogens with zero attached hydrogens (tertiary/aromatic N) is 1. The molecule has 1 aliphatic carbocycles. The van der Waals surface area contributed by atoms with Crippen molar-refractivity contribution in [2.45, 2.75) is 58.0 Å². The molecule has 2 heteroatoms. The normalized spacial score (nSPS) is 18.4. The molecule has 1 fully saturated rings. The van der Waals surface area contributed by atoms with Crippen molar-refractivity contribution >= 4 is 0 Å². The van der Waals surface area contributed by atoms with E-state index in [1.165, 1.54) is 37.7 Å².